The van der Waals surface area contributed by atoms with Crippen molar-refractivity contribution in [1.82, 2.24) is 10.2 Å². The van der Waals surface area contributed by atoms with Crippen molar-refractivity contribution in [1.29, 1.82) is 0 Å². The van der Waals surface area contributed by atoms with E-state index in [4.69, 9.17) is 0 Å². The van der Waals surface area contributed by atoms with Gasteiger partial charge >= 0.3 is 0 Å². The van der Waals surface area contributed by atoms with Crippen molar-refractivity contribution in [3.8, 4) is 0 Å². The summed E-state index contributed by atoms with van der Waals surface area (Å²) in [4.78, 5) is 25.7. The van der Waals surface area contributed by atoms with E-state index in [1.807, 2.05) is 13.8 Å². The maximum atomic E-state index is 12.4. The molecule has 6 nitrogen and oxygen atoms in total. The molecule has 3 fully saturated rings. The van der Waals surface area contributed by atoms with Crippen LogP contribution in [0.2, 0.25) is 0 Å². The largest absolute Gasteiger partial charge is 0.351 e. The van der Waals surface area contributed by atoms with E-state index >= 15 is 0 Å². The lowest BCUT2D eigenvalue weighted by Crippen LogP contribution is -2.68. The minimum absolute atomic E-state index is 0.0914. The molecule has 3 aliphatic rings. The van der Waals surface area contributed by atoms with Crippen molar-refractivity contribution >= 4 is 21.7 Å². The number of nitrogens with zero attached hydrogens (tertiary/aromatic N) is 1. The first-order chi connectivity index (χ1) is 11.2. The van der Waals surface area contributed by atoms with Crippen LogP contribution in [0.15, 0.2) is 0 Å². The second kappa shape index (κ2) is 6.32. The van der Waals surface area contributed by atoms with Crippen molar-refractivity contribution < 1.29 is 18.0 Å². The van der Waals surface area contributed by atoms with Gasteiger partial charge in [-0.1, -0.05) is 12.8 Å². The predicted molar refractivity (Wildman–Crippen MR) is 91.1 cm³/mol. The summed E-state index contributed by atoms with van der Waals surface area (Å²) in [6, 6.07) is 0.171. The lowest BCUT2D eigenvalue weighted by Gasteiger charge is -2.50. The lowest BCUT2D eigenvalue weighted by atomic mass is 9.68. The van der Waals surface area contributed by atoms with E-state index in [0.29, 0.717) is 31.8 Å². The Morgan fingerprint density at radius 3 is 2.25 bits per heavy atom. The summed E-state index contributed by atoms with van der Waals surface area (Å²) >= 11 is 0. The van der Waals surface area contributed by atoms with Crippen LogP contribution in [0.1, 0.15) is 52.4 Å². The second-order valence-corrected chi connectivity index (χ2v) is 10.4. The summed E-state index contributed by atoms with van der Waals surface area (Å²) in [5, 5.41) is 2.67. The van der Waals surface area contributed by atoms with Gasteiger partial charge in [-0.15, -0.1) is 0 Å². The van der Waals surface area contributed by atoms with Gasteiger partial charge in [-0.3, -0.25) is 9.59 Å². The Labute approximate surface area is 144 Å². The van der Waals surface area contributed by atoms with E-state index in [-0.39, 0.29) is 34.3 Å². The van der Waals surface area contributed by atoms with Crippen molar-refractivity contribution in [2.75, 3.05) is 18.8 Å². The van der Waals surface area contributed by atoms with Crippen LogP contribution in [0.4, 0.5) is 0 Å². The number of carbonyl (C=O) groups is 2. The Balaban J connectivity index is 1.51. The molecule has 136 valence electrons. The summed E-state index contributed by atoms with van der Waals surface area (Å²) in [6.45, 7) is 5.10. The number of amides is 2. The van der Waals surface area contributed by atoms with Crippen LogP contribution in [0.5, 0.6) is 0 Å². The van der Waals surface area contributed by atoms with E-state index in [0.717, 1.165) is 25.7 Å². The zero-order chi connectivity index (χ0) is 17.5. The molecule has 1 atom stereocenters. The van der Waals surface area contributed by atoms with Gasteiger partial charge < -0.3 is 10.2 Å². The minimum atomic E-state index is -3.31. The maximum absolute atomic E-state index is 12.4. The van der Waals surface area contributed by atoms with Gasteiger partial charge in [0.25, 0.3) is 0 Å². The average Bonchev–Trinajstić information content (AvgIpc) is 3.07. The SMILES string of the molecule is CC1(C)C(=O)NC1C1CCN(C(=O)CS(=O)(=O)C2CCCC2)CC1. The number of β-lactam (4-membered cyclic amide) rings is 1. The number of hydrogen-bond donors (Lipinski definition) is 1. The summed E-state index contributed by atoms with van der Waals surface area (Å²) < 4.78 is 24.7. The molecule has 1 aliphatic carbocycles. The van der Waals surface area contributed by atoms with Gasteiger partial charge in [-0.25, -0.2) is 8.42 Å². The number of hydrogen-bond acceptors (Lipinski definition) is 4. The molecule has 7 heteroatoms. The van der Waals surface area contributed by atoms with E-state index in [9.17, 15) is 18.0 Å². The van der Waals surface area contributed by atoms with Gasteiger partial charge in [-0.2, -0.15) is 0 Å². The molecular formula is C17H28N2O4S. The van der Waals surface area contributed by atoms with Gasteiger partial charge in [0.2, 0.25) is 11.8 Å². The molecule has 3 rings (SSSR count). The minimum Gasteiger partial charge on any atom is -0.351 e. The number of sulfone groups is 1. The molecule has 2 aliphatic heterocycles. The third-order valence-corrected chi connectivity index (χ3v) is 8.28. The molecule has 2 heterocycles. The fourth-order valence-corrected chi connectivity index (χ4v) is 6.20. The molecule has 0 aromatic heterocycles. The smallest absolute Gasteiger partial charge is 0.237 e. The molecule has 0 spiro atoms. The Morgan fingerprint density at radius 1 is 1.17 bits per heavy atom. The number of likely N-dealkylation sites (tertiary alicyclic amines) is 1. The van der Waals surface area contributed by atoms with E-state index < -0.39 is 9.84 Å². The normalized spacial score (nSPS) is 28.5. The fraction of sp³-hybridized carbons (Fsp3) is 0.882. The van der Waals surface area contributed by atoms with Crippen LogP contribution < -0.4 is 5.32 Å². The van der Waals surface area contributed by atoms with E-state index in [1.165, 1.54) is 0 Å². The first-order valence-corrected chi connectivity index (χ1v) is 10.7. The van der Waals surface area contributed by atoms with Crippen LogP contribution in [-0.2, 0) is 19.4 Å². The maximum Gasteiger partial charge on any atom is 0.237 e. The van der Waals surface area contributed by atoms with Crippen molar-refractivity contribution in [2.45, 2.75) is 63.7 Å². The highest BCUT2D eigenvalue weighted by atomic mass is 32.2. The molecule has 24 heavy (non-hydrogen) atoms. The molecule has 0 radical (unpaired) electrons. The summed E-state index contributed by atoms with van der Waals surface area (Å²) in [7, 11) is -3.31. The lowest BCUT2D eigenvalue weighted by molar-refractivity contribution is -0.147. The average molecular weight is 356 g/mol. The predicted octanol–water partition coefficient (Wildman–Crippen LogP) is 1.11. The zero-order valence-corrected chi connectivity index (χ0v) is 15.4. The molecule has 0 aromatic rings. The summed E-state index contributed by atoms with van der Waals surface area (Å²) in [6.07, 6.45) is 4.95. The van der Waals surface area contributed by atoms with Gasteiger partial charge in [0.05, 0.1) is 10.7 Å². The van der Waals surface area contributed by atoms with Crippen LogP contribution in [-0.4, -0.2) is 55.3 Å². The monoisotopic (exact) mass is 356 g/mol. The Bertz CT molecular complexity index is 615. The first kappa shape index (κ1) is 17.7. The molecule has 2 saturated heterocycles. The number of nitrogens with one attached hydrogen (secondary N) is 1. The van der Waals surface area contributed by atoms with Crippen molar-refractivity contribution in [3.63, 3.8) is 0 Å². The molecule has 0 bridgehead atoms. The van der Waals surface area contributed by atoms with Gasteiger partial charge in [0.1, 0.15) is 5.75 Å². The van der Waals surface area contributed by atoms with Crippen LogP contribution in [0, 0.1) is 11.3 Å². The third-order valence-electron chi connectivity index (χ3n) is 6.15. The third kappa shape index (κ3) is 3.19. The quantitative estimate of drug-likeness (QED) is 0.765. The molecule has 2 amide bonds. The van der Waals surface area contributed by atoms with Gasteiger partial charge in [-0.05, 0) is 45.4 Å². The molecule has 0 aromatic carbocycles. The van der Waals surface area contributed by atoms with E-state index in [2.05, 4.69) is 5.32 Å². The Morgan fingerprint density at radius 2 is 1.75 bits per heavy atom. The Kier molecular flexibility index (Phi) is 4.66. The topological polar surface area (TPSA) is 83.6 Å². The fourth-order valence-electron chi connectivity index (χ4n) is 4.39. The van der Waals surface area contributed by atoms with Crippen molar-refractivity contribution in [3.05, 3.63) is 0 Å². The van der Waals surface area contributed by atoms with Crippen LogP contribution in [0.25, 0.3) is 0 Å². The first-order valence-electron chi connectivity index (χ1n) is 9.02. The van der Waals surface area contributed by atoms with Crippen LogP contribution >= 0.6 is 0 Å². The zero-order valence-electron chi connectivity index (χ0n) is 14.6. The molecular weight excluding hydrogens is 328 g/mol. The standard InChI is InChI=1S/C17H28N2O4S/c1-17(2)15(18-16(17)21)12-7-9-19(10-8-12)14(20)11-24(22,23)13-5-3-4-6-13/h12-13,15H,3-11H2,1-2H3,(H,18,21). The number of rotatable bonds is 4. The van der Waals surface area contributed by atoms with E-state index in [1.54, 1.807) is 4.90 Å². The summed E-state index contributed by atoms with van der Waals surface area (Å²) in [5.74, 6) is -0.132. The Hall–Kier alpha value is -1.11. The second-order valence-electron chi connectivity index (χ2n) is 8.10. The number of carbonyl (C=O) groups excluding carboxylic acids is 2. The molecule has 1 unspecified atom stereocenters. The van der Waals surface area contributed by atoms with Crippen LogP contribution in [0.3, 0.4) is 0 Å². The van der Waals surface area contributed by atoms with Crippen molar-refractivity contribution in [2.24, 2.45) is 11.3 Å². The highest BCUT2D eigenvalue weighted by Gasteiger charge is 2.51. The summed E-state index contributed by atoms with van der Waals surface area (Å²) in [5.41, 5.74) is -0.331. The highest BCUT2D eigenvalue weighted by Crippen LogP contribution is 2.38. The van der Waals surface area contributed by atoms with Gasteiger partial charge in [0.15, 0.2) is 9.84 Å². The molecule has 1 saturated carbocycles. The molecule has 1 N–H and O–H groups in total. The van der Waals surface area contributed by atoms with Gasteiger partial charge in [0, 0.05) is 19.1 Å². The highest BCUT2D eigenvalue weighted by molar-refractivity contribution is 7.92. The number of piperidine rings is 1.